The van der Waals surface area contributed by atoms with Crippen LogP contribution in [-0.4, -0.2) is 60.1 Å². The van der Waals surface area contributed by atoms with E-state index >= 15 is 0 Å². The summed E-state index contributed by atoms with van der Waals surface area (Å²) >= 11 is 0. The quantitative estimate of drug-likeness (QED) is 0.137. The smallest absolute Gasteiger partial charge is 0.238 e. The summed E-state index contributed by atoms with van der Waals surface area (Å²) < 4.78 is 11.7. The van der Waals surface area contributed by atoms with Crippen LogP contribution in [0, 0.1) is 5.41 Å². The van der Waals surface area contributed by atoms with Gasteiger partial charge in [-0.25, -0.2) is 0 Å². The van der Waals surface area contributed by atoms with E-state index < -0.39 is 13.7 Å². The first-order chi connectivity index (χ1) is 21.8. The zero-order valence-electron chi connectivity index (χ0n) is 28.4. The van der Waals surface area contributed by atoms with Gasteiger partial charge in [0.2, 0.25) is 5.91 Å². The topological polar surface area (TPSA) is 77.9 Å². The van der Waals surface area contributed by atoms with Crippen molar-refractivity contribution in [1.29, 1.82) is 5.41 Å². The highest BCUT2D eigenvalue weighted by atomic mass is 28.4. The van der Waals surface area contributed by atoms with E-state index in [2.05, 4.69) is 45.2 Å². The molecule has 1 aliphatic carbocycles. The lowest BCUT2D eigenvalue weighted by Crippen LogP contribution is -2.45. The third-order valence-corrected chi connectivity index (χ3v) is 14.6. The van der Waals surface area contributed by atoms with Gasteiger partial charge in [-0.05, 0) is 78.0 Å². The number of methoxy groups -OCH3 is 1. The van der Waals surface area contributed by atoms with Gasteiger partial charge in [0.1, 0.15) is 19.4 Å². The monoisotopic (exact) mass is 634 g/mol. The molecule has 2 radical (unpaired) electrons. The molecule has 7 nitrogen and oxygen atoms in total. The molecule has 9 heteroatoms. The van der Waals surface area contributed by atoms with Gasteiger partial charge in [-0.15, -0.1) is 0 Å². The molecule has 3 aromatic carbocycles. The number of benzene rings is 3. The molecule has 2 aliphatic rings. The van der Waals surface area contributed by atoms with Gasteiger partial charge in [0, 0.05) is 36.7 Å². The van der Waals surface area contributed by atoms with Crippen LogP contribution in [-0.2, 0) is 21.2 Å². The average molecular weight is 635 g/mol. The van der Waals surface area contributed by atoms with Crippen molar-refractivity contribution < 1.29 is 14.0 Å². The number of nitrogens with one attached hydrogen (secondary N) is 2. The summed E-state index contributed by atoms with van der Waals surface area (Å²) in [6.07, 6.45) is 4.46. The molecular formula is C37H47BN4O3Si. The number of anilines is 2. The molecule has 0 saturated heterocycles. The van der Waals surface area contributed by atoms with Crippen LogP contribution in [0.3, 0.4) is 0 Å². The lowest BCUT2D eigenvalue weighted by Gasteiger charge is -2.37. The molecule has 1 aliphatic heterocycles. The van der Waals surface area contributed by atoms with Crippen molar-refractivity contribution in [3.05, 3.63) is 89.5 Å². The summed E-state index contributed by atoms with van der Waals surface area (Å²) in [5.74, 6) is 1.25. The van der Waals surface area contributed by atoms with Crippen molar-refractivity contribution in [2.75, 3.05) is 37.5 Å². The van der Waals surface area contributed by atoms with E-state index in [1.807, 2.05) is 83.6 Å². The van der Waals surface area contributed by atoms with Gasteiger partial charge in [0.15, 0.2) is 8.32 Å². The molecule has 1 fully saturated rings. The predicted octanol–water partition coefficient (Wildman–Crippen LogP) is 6.84. The Labute approximate surface area is 277 Å². The normalized spacial score (nSPS) is 15.8. The van der Waals surface area contributed by atoms with Crippen LogP contribution in [0.1, 0.15) is 56.7 Å². The molecular weight excluding hydrogens is 587 g/mol. The zero-order valence-corrected chi connectivity index (χ0v) is 29.4. The summed E-state index contributed by atoms with van der Waals surface area (Å²) in [7, 11) is 8.52. The fraction of sp³-hybridized carbons (Fsp3) is 0.405. The van der Waals surface area contributed by atoms with E-state index in [0.717, 1.165) is 58.8 Å². The molecule has 5 rings (SSSR count). The maximum atomic E-state index is 14.1. The molecule has 1 saturated carbocycles. The number of carbonyl (C=O) groups is 1. The Morgan fingerprint density at radius 3 is 2.37 bits per heavy atom. The molecule has 1 spiro atoms. The third kappa shape index (κ3) is 6.67. The number of nitrogens with zero attached hydrogens (tertiary/aromatic N) is 2. The minimum absolute atomic E-state index is 0.115. The Morgan fingerprint density at radius 2 is 1.78 bits per heavy atom. The number of hydrogen-bond acceptors (Lipinski definition) is 5. The third-order valence-electron chi connectivity index (χ3n) is 10.0. The second-order valence-corrected chi connectivity index (χ2v) is 18.9. The van der Waals surface area contributed by atoms with Crippen molar-refractivity contribution in [1.82, 2.24) is 4.90 Å². The van der Waals surface area contributed by atoms with Gasteiger partial charge in [0.25, 0.3) is 0 Å². The summed E-state index contributed by atoms with van der Waals surface area (Å²) in [5, 5.41) is 12.7. The number of hydrogen-bond donors (Lipinski definition) is 2. The summed E-state index contributed by atoms with van der Waals surface area (Å²) in [5.41, 5.74) is 5.30. The Kier molecular flexibility index (Phi) is 9.57. The molecule has 0 unspecified atom stereocenters. The minimum Gasteiger partial charge on any atom is -0.497 e. The van der Waals surface area contributed by atoms with Crippen LogP contribution < -0.4 is 20.4 Å². The van der Waals surface area contributed by atoms with Crippen LogP contribution in [0.4, 0.5) is 11.4 Å². The Morgan fingerprint density at radius 1 is 1.11 bits per heavy atom. The lowest BCUT2D eigenvalue weighted by molar-refractivity contribution is -0.126. The van der Waals surface area contributed by atoms with E-state index in [4.69, 9.17) is 22.4 Å². The van der Waals surface area contributed by atoms with E-state index in [1.165, 1.54) is 0 Å². The Balaban J connectivity index is 1.47. The molecule has 1 heterocycles. The minimum atomic E-state index is -1.89. The second kappa shape index (κ2) is 13.1. The Bertz CT molecular complexity index is 1610. The highest BCUT2D eigenvalue weighted by Crippen LogP contribution is 2.53. The molecule has 0 aromatic heterocycles. The standard InChI is InChI=1S/C37H47BN4O3Si/c1-36(2,3)46(6,7)45-21-20-41(4)33(39)24-32(40-28-12-9-8-10-13-28)27-22-30-34(31(38)23-27)42(35(43)37(30)18-11-19-37)25-26-14-16-29(44-5)17-15-26/h8-10,12-17,22-24,39-40H,11,18-21,25H2,1-7H3/b32-24-,39-33?. The number of likely N-dealkylation sites (N-methyl/N-ethyl adjacent to an activating group) is 1. The number of para-hydroxylation sites is 1. The van der Waals surface area contributed by atoms with Crippen molar-refractivity contribution >= 4 is 50.4 Å². The largest absolute Gasteiger partial charge is 0.497 e. The van der Waals surface area contributed by atoms with Crippen molar-refractivity contribution in [3.63, 3.8) is 0 Å². The SMILES string of the molecule is [B]c1cc(/C(=C/C(=N)N(C)CCO[Si](C)(C)C(C)(C)C)Nc2ccccc2)cc2c1N(Cc1ccc(OC)cc1)C(=O)C21CCC1. The average Bonchev–Trinajstić information content (AvgIpc) is 3.24. The highest BCUT2D eigenvalue weighted by molar-refractivity contribution is 6.74. The number of ether oxygens (including phenoxy) is 1. The van der Waals surface area contributed by atoms with Crippen molar-refractivity contribution in [3.8, 4) is 5.75 Å². The molecule has 0 atom stereocenters. The van der Waals surface area contributed by atoms with E-state index in [1.54, 1.807) is 7.11 Å². The van der Waals surface area contributed by atoms with E-state index in [0.29, 0.717) is 31.0 Å². The number of fused-ring (bicyclic) bond motifs is 2. The number of rotatable bonds is 11. The van der Waals surface area contributed by atoms with Gasteiger partial charge in [-0.1, -0.05) is 69.1 Å². The zero-order chi connectivity index (χ0) is 33.3. The van der Waals surface area contributed by atoms with Crippen LogP contribution in [0.25, 0.3) is 5.70 Å². The lowest BCUT2D eigenvalue weighted by atomic mass is 9.64. The first-order valence-electron chi connectivity index (χ1n) is 16.1. The van der Waals surface area contributed by atoms with E-state index in [9.17, 15) is 4.79 Å². The van der Waals surface area contributed by atoms with Crippen molar-refractivity contribution in [2.45, 2.75) is 70.1 Å². The highest BCUT2D eigenvalue weighted by Gasteiger charge is 2.54. The maximum absolute atomic E-state index is 14.1. The fourth-order valence-electron chi connectivity index (χ4n) is 5.92. The summed E-state index contributed by atoms with van der Waals surface area (Å²) in [6, 6.07) is 21.8. The van der Waals surface area contributed by atoms with Crippen LogP contribution in [0.15, 0.2) is 72.8 Å². The molecule has 0 bridgehead atoms. The van der Waals surface area contributed by atoms with Crippen LogP contribution in [0.2, 0.25) is 18.1 Å². The molecule has 2 N–H and O–H groups in total. The number of carbonyl (C=O) groups excluding carboxylic acids is 1. The molecule has 46 heavy (non-hydrogen) atoms. The number of amidine groups is 1. The maximum Gasteiger partial charge on any atom is 0.238 e. The van der Waals surface area contributed by atoms with E-state index in [-0.39, 0.29) is 10.9 Å². The van der Waals surface area contributed by atoms with Gasteiger partial charge in [0.05, 0.1) is 25.7 Å². The Hall–Kier alpha value is -3.82. The predicted molar refractivity (Wildman–Crippen MR) is 193 cm³/mol. The van der Waals surface area contributed by atoms with Crippen LogP contribution >= 0.6 is 0 Å². The van der Waals surface area contributed by atoms with Crippen molar-refractivity contribution in [2.24, 2.45) is 0 Å². The molecule has 240 valence electrons. The van der Waals surface area contributed by atoms with Crippen LogP contribution in [0.5, 0.6) is 5.75 Å². The first kappa shape index (κ1) is 33.5. The van der Waals surface area contributed by atoms with Gasteiger partial charge < -0.3 is 24.3 Å². The summed E-state index contributed by atoms with van der Waals surface area (Å²) in [6.45, 7) is 12.8. The van der Waals surface area contributed by atoms with Gasteiger partial charge in [-0.2, -0.15) is 0 Å². The fourth-order valence-corrected chi connectivity index (χ4v) is 6.96. The molecule has 1 amide bonds. The van der Waals surface area contributed by atoms with Gasteiger partial charge in [-0.3, -0.25) is 10.2 Å². The second-order valence-electron chi connectivity index (χ2n) is 14.1. The molecule has 3 aromatic rings. The number of amides is 1. The first-order valence-corrected chi connectivity index (χ1v) is 19.0. The summed E-state index contributed by atoms with van der Waals surface area (Å²) in [4.78, 5) is 17.9. The van der Waals surface area contributed by atoms with Gasteiger partial charge >= 0.3 is 0 Å².